The second kappa shape index (κ2) is 6.14. The largest absolute Gasteiger partial charge is 0.396 e. The Morgan fingerprint density at radius 1 is 1.24 bits per heavy atom. The summed E-state index contributed by atoms with van der Waals surface area (Å²) in [6.07, 6.45) is 3.76. The standard InChI is InChI=1S/C13H24O4/c1-2-13(8-14,9-15-5-11-3-4-11)10-16-6-12-7-17-12/h11-12,14H,2-10H2,1H3. The van der Waals surface area contributed by atoms with E-state index in [2.05, 4.69) is 6.92 Å². The van der Waals surface area contributed by atoms with E-state index in [4.69, 9.17) is 14.2 Å². The summed E-state index contributed by atoms with van der Waals surface area (Å²) in [4.78, 5) is 0. The van der Waals surface area contributed by atoms with Gasteiger partial charge in [0.25, 0.3) is 0 Å². The van der Waals surface area contributed by atoms with Crippen LogP contribution in [0.15, 0.2) is 0 Å². The van der Waals surface area contributed by atoms with Crippen molar-refractivity contribution in [1.29, 1.82) is 0 Å². The second-order valence-corrected chi connectivity index (χ2v) is 5.44. The summed E-state index contributed by atoms with van der Waals surface area (Å²) >= 11 is 0. The second-order valence-electron chi connectivity index (χ2n) is 5.44. The fourth-order valence-corrected chi connectivity index (χ4v) is 1.75. The third-order valence-electron chi connectivity index (χ3n) is 3.66. The molecule has 0 aromatic rings. The lowest BCUT2D eigenvalue weighted by molar-refractivity contribution is -0.0569. The fourth-order valence-electron chi connectivity index (χ4n) is 1.75. The monoisotopic (exact) mass is 244 g/mol. The molecule has 2 fully saturated rings. The van der Waals surface area contributed by atoms with Gasteiger partial charge in [0.2, 0.25) is 0 Å². The van der Waals surface area contributed by atoms with Crippen molar-refractivity contribution in [3.05, 3.63) is 0 Å². The fraction of sp³-hybridized carbons (Fsp3) is 1.00. The number of rotatable bonds is 10. The van der Waals surface area contributed by atoms with Crippen molar-refractivity contribution in [2.45, 2.75) is 32.3 Å². The van der Waals surface area contributed by atoms with Crippen molar-refractivity contribution in [2.75, 3.05) is 39.6 Å². The number of aliphatic hydroxyl groups excluding tert-OH is 1. The van der Waals surface area contributed by atoms with Crippen LogP contribution in [0.5, 0.6) is 0 Å². The van der Waals surface area contributed by atoms with Crippen molar-refractivity contribution in [2.24, 2.45) is 11.3 Å². The number of aliphatic hydroxyl groups is 1. The molecule has 1 aliphatic carbocycles. The molecule has 1 saturated carbocycles. The van der Waals surface area contributed by atoms with Crippen LogP contribution >= 0.6 is 0 Å². The Bertz CT molecular complexity index is 199. The van der Waals surface area contributed by atoms with Gasteiger partial charge in [-0.3, -0.25) is 0 Å². The Morgan fingerprint density at radius 3 is 2.35 bits per heavy atom. The smallest absolute Gasteiger partial charge is 0.104 e. The lowest BCUT2D eigenvalue weighted by Gasteiger charge is -2.30. The first-order valence-corrected chi connectivity index (χ1v) is 6.66. The number of ether oxygens (including phenoxy) is 3. The molecule has 2 rings (SSSR count). The van der Waals surface area contributed by atoms with Crippen molar-refractivity contribution < 1.29 is 19.3 Å². The van der Waals surface area contributed by atoms with Crippen molar-refractivity contribution >= 4 is 0 Å². The molecule has 0 aromatic heterocycles. The van der Waals surface area contributed by atoms with E-state index in [-0.39, 0.29) is 18.1 Å². The van der Waals surface area contributed by atoms with Gasteiger partial charge >= 0.3 is 0 Å². The van der Waals surface area contributed by atoms with Crippen LogP contribution in [0.25, 0.3) is 0 Å². The molecule has 1 saturated heterocycles. The summed E-state index contributed by atoms with van der Waals surface area (Å²) < 4.78 is 16.4. The summed E-state index contributed by atoms with van der Waals surface area (Å²) in [5.41, 5.74) is -0.232. The maximum absolute atomic E-state index is 9.55. The minimum absolute atomic E-state index is 0.125. The van der Waals surface area contributed by atoms with Gasteiger partial charge in [0, 0.05) is 12.0 Å². The lowest BCUT2D eigenvalue weighted by Crippen LogP contribution is -2.36. The zero-order valence-electron chi connectivity index (χ0n) is 10.7. The SMILES string of the molecule is CCC(CO)(COCC1CC1)COCC1CO1. The quantitative estimate of drug-likeness (QED) is 0.587. The van der Waals surface area contributed by atoms with E-state index in [0.717, 1.165) is 25.6 Å². The first-order chi connectivity index (χ1) is 8.28. The van der Waals surface area contributed by atoms with Gasteiger partial charge in [-0.1, -0.05) is 6.92 Å². The van der Waals surface area contributed by atoms with Crippen molar-refractivity contribution in [3.63, 3.8) is 0 Å². The Labute approximate surface area is 103 Å². The Morgan fingerprint density at radius 2 is 1.88 bits per heavy atom. The highest BCUT2D eigenvalue weighted by Crippen LogP contribution is 2.30. The molecule has 0 spiro atoms. The molecule has 2 unspecified atom stereocenters. The summed E-state index contributed by atoms with van der Waals surface area (Å²) in [7, 11) is 0. The molecule has 2 atom stereocenters. The molecular formula is C13H24O4. The molecule has 0 aromatic carbocycles. The highest BCUT2D eigenvalue weighted by molar-refractivity contribution is 4.79. The molecule has 2 aliphatic rings. The van der Waals surface area contributed by atoms with E-state index < -0.39 is 0 Å². The van der Waals surface area contributed by atoms with Crippen LogP contribution in [0, 0.1) is 11.3 Å². The van der Waals surface area contributed by atoms with Crippen LogP contribution in [0.1, 0.15) is 26.2 Å². The molecular weight excluding hydrogens is 220 g/mol. The van der Waals surface area contributed by atoms with E-state index in [0.29, 0.717) is 19.8 Å². The third-order valence-corrected chi connectivity index (χ3v) is 3.66. The highest BCUT2D eigenvalue weighted by atomic mass is 16.6. The first-order valence-electron chi connectivity index (χ1n) is 6.66. The summed E-state index contributed by atoms with van der Waals surface area (Å²) in [5.74, 6) is 0.768. The lowest BCUT2D eigenvalue weighted by atomic mass is 9.88. The van der Waals surface area contributed by atoms with Crippen LogP contribution in [0.4, 0.5) is 0 Å². The first kappa shape index (κ1) is 13.3. The van der Waals surface area contributed by atoms with Crippen molar-refractivity contribution in [3.8, 4) is 0 Å². The maximum Gasteiger partial charge on any atom is 0.104 e. The van der Waals surface area contributed by atoms with Gasteiger partial charge in [-0.15, -0.1) is 0 Å². The molecule has 4 nitrogen and oxygen atoms in total. The van der Waals surface area contributed by atoms with Crippen LogP contribution < -0.4 is 0 Å². The minimum atomic E-state index is -0.232. The van der Waals surface area contributed by atoms with E-state index in [1.807, 2.05) is 0 Å². The summed E-state index contributed by atoms with van der Waals surface area (Å²) in [5, 5.41) is 9.55. The number of epoxide rings is 1. The van der Waals surface area contributed by atoms with Crippen LogP contribution in [0.3, 0.4) is 0 Å². The average molecular weight is 244 g/mol. The van der Waals surface area contributed by atoms with Gasteiger partial charge in [0.05, 0.1) is 33.0 Å². The number of hydrogen-bond acceptors (Lipinski definition) is 4. The number of hydrogen-bond donors (Lipinski definition) is 1. The molecule has 4 heteroatoms. The third kappa shape index (κ3) is 4.54. The van der Waals surface area contributed by atoms with Gasteiger partial charge in [0.1, 0.15) is 6.10 Å². The maximum atomic E-state index is 9.55. The molecule has 1 N–H and O–H groups in total. The van der Waals surface area contributed by atoms with E-state index in [1.54, 1.807) is 0 Å². The van der Waals surface area contributed by atoms with Crippen LogP contribution in [0.2, 0.25) is 0 Å². The normalized spacial score (nSPS) is 26.8. The van der Waals surface area contributed by atoms with E-state index in [1.165, 1.54) is 12.8 Å². The van der Waals surface area contributed by atoms with Gasteiger partial charge in [-0.2, -0.15) is 0 Å². The molecule has 1 aliphatic heterocycles. The zero-order valence-corrected chi connectivity index (χ0v) is 10.7. The summed E-state index contributed by atoms with van der Waals surface area (Å²) in [6, 6.07) is 0. The van der Waals surface area contributed by atoms with E-state index >= 15 is 0 Å². The van der Waals surface area contributed by atoms with Gasteiger partial charge in [-0.25, -0.2) is 0 Å². The summed E-state index contributed by atoms with van der Waals surface area (Å²) in [6.45, 7) is 5.66. The molecule has 1 heterocycles. The van der Waals surface area contributed by atoms with Crippen LogP contribution in [-0.2, 0) is 14.2 Å². The molecule has 0 radical (unpaired) electrons. The van der Waals surface area contributed by atoms with Crippen molar-refractivity contribution in [1.82, 2.24) is 0 Å². The Balaban J connectivity index is 1.65. The molecule has 17 heavy (non-hydrogen) atoms. The molecule has 0 bridgehead atoms. The Hall–Kier alpha value is -0.160. The average Bonchev–Trinajstić information content (AvgIpc) is 3.21. The van der Waals surface area contributed by atoms with Crippen LogP contribution in [-0.4, -0.2) is 50.9 Å². The van der Waals surface area contributed by atoms with Gasteiger partial charge < -0.3 is 19.3 Å². The molecule has 0 amide bonds. The zero-order chi connectivity index (χ0) is 12.1. The minimum Gasteiger partial charge on any atom is -0.396 e. The molecule has 100 valence electrons. The Kier molecular flexibility index (Phi) is 4.79. The highest BCUT2D eigenvalue weighted by Gasteiger charge is 2.31. The predicted octanol–water partition coefficient (Wildman–Crippen LogP) is 1.22. The predicted molar refractivity (Wildman–Crippen MR) is 63.9 cm³/mol. The van der Waals surface area contributed by atoms with E-state index in [9.17, 15) is 5.11 Å². The van der Waals surface area contributed by atoms with Gasteiger partial charge in [-0.05, 0) is 25.2 Å². The van der Waals surface area contributed by atoms with Gasteiger partial charge in [0.15, 0.2) is 0 Å². The topological polar surface area (TPSA) is 51.2 Å².